The summed E-state index contributed by atoms with van der Waals surface area (Å²) >= 11 is 0. The van der Waals surface area contributed by atoms with Gasteiger partial charge in [-0.15, -0.1) is 0 Å². The normalized spacial score (nSPS) is 11.9. The van der Waals surface area contributed by atoms with Gasteiger partial charge in [0.25, 0.3) is 0 Å². The molecule has 1 atom stereocenters. The van der Waals surface area contributed by atoms with Crippen LogP contribution < -0.4 is 11.1 Å². The van der Waals surface area contributed by atoms with Crippen LogP contribution in [0.5, 0.6) is 0 Å². The van der Waals surface area contributed by atoms with Crippen LogP contribution in [0.25, 0.3) is 6.08 Å². The molecule has 0 bridgehead atoms. The summed E-state index contributed by atoms with van der Waals surface area (Å²) in [5.41, 5.74) is 8.33. The van der Waals surface area contributed by atoms with Gasteiger partial charge in [0.2, 0.25) is 5.91 Å². The Morgan fingerprint density at radius 1 is 1.11 bits per heavy atom. The number of hydrogen-bond acceptors (Lipinski definition) is 5. The van der Waals surface area contributed by atoms with Crippen LogP contribution >= 0.6 is 0 Å². The fourth-order valence-electron chi connectivity index (χ4n) is 2.22. The number of hydrogen-bond donors (Lipinski definition) is 2. The highest BCUT2D eigenvalue weighted by Gasteiger charge is 2.13. The van der Waals surface area contributed by atoms with Crippen LogP contribution in [0.15, 0.2) is 60.7 Å². The number of carbonyl (C=O) groups is 2. The Morgan fingerprint density at radius 3 is 2.48 bits per heavy atom. The van der Waals surface area contributed by atoms with Gasteiger partial charge in [-0.05, 0) is 36.3 Å². The molecule has 0 radical (unpaired) electrons. The second-order valence-electron chi connectivity index (χ2n) is 5.80. The van der Waals surface area contributed by atoms with Gasteiger partial charge in [-0.25, -0.2) is 4.79 Å². The maximum Gasteiger partial charge on any atom is 0.330 e. The van der Waals surface area contributed by atoms with E-state index in [1.165, 1.54) is 6.08 Å². The number of anilines is 1. The van der Waals surface area contributed by atoms with Crippen molar-refractivity contribution in [2.45, 2.75) is 19.6 Å². The lowest BCUT2D eigenvalue weighted by Gasteiger charge is -2.13. The predicted octanol–water partition coefficient (Wildman–Crippen LogP) is 2.75. The average molecular weight is 368 g/mol. The molecule has 6 heteroatoms. The van der Waals surface area contributed by atoms with E-state index in [0.29, 0.717) is 18.9 Å². The Labute approximate surface area is 159 Å². The molecule has 0 aliphatic carbocycles. The lowest BCUT2D eigenvalue weighted by atomic mass is 10.2. The molecule has 0 aromatic heterocycles. The van der Waals surface area contributed by atoms with Gasteiger partial charge in [-0.2, -0.15) is 0 Å². The van der Waals surface area contributed by atoms with Gasteiger partial charge >= 0.3 is 5.97 Å². The van der Waals surface area contributed by atoms with Crippen molar-refractivity contribution in [3.05, 3.63) is 71.8 Å². The fourth-order valence-corrected chi connectivity index (χ4v) is 2.22. The Kier molecular flexibility index (Phi) is 8.22. The summed E-state index contributed by atoms with van der Waals surface area (Å²) in [5.74, 6) is -0.714. The van der Waals surface area contributed by atoms with Crippen molar-refractivity contribution in [3.8, 4) is 0 Å². The number of ether oxygens (including phenoxy) is 2. The fraction of sp³-hybridized carbons (Fsp3) is 0.238. The standard InChI is InChI=1S/C21H24N2O4/c1-2-27-20(24)13-10-16-8-11-18(12-9-16)23-21(25)19(22)15-26-14-17-6-4-3-5-7-17/h3-13,19H,2,14-15,22H2,1H3,(H,23,25)/b13-10+/t19-/m0/s1. The quantitative estimate of drug-likeness (QED) is 0.525. The van der Waals surface area contributed by atoms with Gasteiger partial charge in [0.05, 0.1) is 19.8 Å². The summed E-state index contributed by atoms with van der Waals surface area (Å²) < 4.78 is 10.3. The van der Waals surface area contributed by atoms with Crippen molar-refractivity contribution in [1.82, 2.24) is 0 Å². The van der Waals surface area contributed by atoms with Gasteiger partial charge in [-0.1, -0.05) is 42.5 Å². The molecule has 1 amide bonds. The van der Waals surface area contributed by atoms with Crippen LogP contribution in [0, 0.1) is 0 Å². The molecule has 0 aliphatic heterocycles. The Bertz CT molecular complexity index is 758. The third-order valence-corrected chi connectivity index (χ3v) is 3.62. The number of nitrogens with two attached hydrogens (primary N) is 1. The largest absolute Gasteiger partial charge is 0.463 e. The van der Waals surface area contributed by atoms with E-state index in [0.717, 1.165) is 11.1 Å². The molecule has 2 aromatic carbocycles. The molecule has 0 unspecified atom stereocenters. The number of amides is 1. The maximum atomic E-state index is 12.1. The minimum absolute atomic E-state index is 0.126. The van der Waals surface area contributed by atoms with E-state index in [2.05, 4.69) is 5.32 Å². The number of nitrogens with one attached hydrogen (secondary N) is 1. The van der Waals surface area contributed by atoms with Crippen LogP contribution in [0.2, 0.25) is 0 Å². The van der Waals surface area contributed by atoms with Crippen LogP contribution in [-0.4, -0.2) is 31.1 Å². The number of carbonyl (C=O) groups excluding carboxylic acids is 2. The minimum atomic E-state index is -0.767. The molecule has 0 saturated carbocycles. The van der Waals surface area contributed by atoms with Gasteiger partial charge in [0.1, 0.15) is 6.04 Å². The van der Waals surface area contributed by atoms with E-state index in [4.69, 9.17) is 15.2 Å². The van der Waals surface area contributed by atoms with E-state index in [9.17, 15) is 9.59 Å². The molecule has 27 heavy (non-hydrogen) atoms. The highest BCUT2D eigenvalue weighted by molar-refractivity contribution is 5.95. The first kappa shape index (κ1) is 20.4. The van der Waals surface area contributed by atoms with Gasteiger partial charge < -0.3 is 20.5 Å². The maximum absolute atomic E-state index is 12.1. The van der Waals surface area contributed by atoms with E-state index < -0.39 is 12.0 Å². The van der Waals surface area contributed by atoms with Gasteiger partial charge in [0.15, 0.2) is 0 Å². The minimum Gasteiger partial charge on any atom is -0.463 e. The van der Waals surface area contributed by atoms with Gasteiger partial charge in [-0.3, -0.25) is 4.79 Å². The summed E-state index contributed by atoms with van der Waals surface area (Å²) in [4.78, 5) is 23.4. The zero-order chi connectivity index (χ0) is 19.5. The van der Waals surface area contributed by atoms with Crippen molar-refractivity contribution in [1.29, 1.82) is 0 Å². The number of rotatable bonds is 9. The third kappa shape index (κ3) is 7.43. The van der Waals surface area contributed by atoms with Crippen LogP contribution in [-0.2, 0) is 25.7 Å². The first-order chi connectivity index (χ1) is 13.1. The monoisotopic (exact) mass is 368 g/mol. The van der Waals surface area contributed by atoms with Crippen molar-refractivity contribution in [2.24, 2.45) is 5.73 Å². The predicted molar refractivity (Wildman–Crippen MR) is 105 cm³/mol. The van der Waals surface area contributed by atoms with Crippen molar-refractivity contribution in [3.63, 3.8) is 0 Å². The van der Waals surface area contributed by atoms with Crippen LogP contribution in [0.1, 0.15) is 18.1 Å². The second kappa shape index (κ2) is 10.9. The van der Waals surface area contributed by atoms with E-state index in [1.54, 1.807) is 37.3 Å². The molecule has 2 aromatic rings. The van der Waals surface area contributed by atoms with Gasteiger partial charge in [0, 0.05) is 11.8 Å². The van der Waals surface area contributed by atoms with E-state index >= 15 is 0 Å². The molecule has 0 aliphatic rings. The Balaban J connectivity index is 1.78. The smallest absolute Gasteiger partial charge is 0.330 e. The lowest BCUT2D eigenvalue weighted by molar-refractivity contribution is -0.137. The lowest BCUT2D eigenvalue weighted by Crippen LogP contribution is -2.39. The van der Waals surface area contributed by atoms with E-state index in [-0.39, 0.29) is 12.5 Å². The summed E-state index contributed by atoms with van der Waals surface area (Å²) in [5, 5.41) is 2.74. The third-order valence-electron chi connectivity index (χ3n) is 3.62. The SMILES string of the molecule is CCOC(=O)/C=C/c1ccc(NC(=O)[C@@H](N)COCc2ccccc2)cc1. The average Bonchev–Trinajstić information content (AvgIpc) is 2.68. The molecule has 6 nitrogen and oxygen atoms in total. The first-order valence-corrected chi connectivity index (χ1v) is 8.71. The van der Waals surface area contributed by atoms with Crippen LogP contribution in [0.4, 0.5) is 5.69 Å². The summed E-state index contributed by atoms with van der Waals surface area (Å²) in [6.07, 6.45) is 3.00. The first-order valence-electron chi connectivity index (χ1n) is 8.71. The molecule has 3 N–H and O–H groups in total. The summed E-state index contributed by atoms with van der Waals surface area (Å²) in [6.45, 7) is 2.62. The Morgan fingerprint density at radius 2 is 1.81 bits per heavy atom. The molecule has 0 fully saturated rings. The second-order valence-corrected chi connectivity index (χ2v) is 5.80. The zero-order valence-corrected chi connectivity index (χ0v) is 15.3. The molecule has 2 rings (SSSR count). The molecule has 0 saturated heterocycles. The number of benzene rings is 2. The molecular weight excluding hydrogens is 344 g/mol. The van der Waals surface area contributed by atoms with Crippen LogP contribution in [0.3, 0.4) is 0 Å². The van der Waals surface area contributed by atoms with Crippen molar-refractivity contribution < 1.29 is 19.1 Å². The zero-order valence-electron chi connectivity index (χ0n) is 15.3. The molecule has 142 valence electrons. The number of esters is 1. The topological polar surface area (TPSA) is 90.7 Å². The summed E-state index contributed by atoms with van der Waals surface area (Å²) in [7, 11) is 0. The van der Waals surface area contributed by atoms with Crippen molar-refractivity contribution in [2.75, 3.05) is 18.5 Å². The summed E-state index contributed by atoms with van der Waals surface area (Å²) in [6, 6.07) is 15.9. The highest BCUT2D eigenvalue weighted by atomic mass is 16.5. The van der Waals surface area contributed by atoms with Crippen molar-refractivity contribution >= 4 is 23.6 Å². The molecule has 0 heterocycles. The Hall–Kier alpha value is -2.96. The molecule has 0 spiro atoms. The highest BCUT2D eigenvalue weighted by Crippen LogP contribution is 2.11. The van der Waals surface area contributed by atoms with E-state index in [1.807, 2.05) is 30.3 Å². The molecular formula is C21H24N2O4.